The molecule has 0 bridgehead atoms. The molecular formula is C27H37N3O3. The molecule has 1 aliphatic carbocycles. The number of nitrogens with zero attached hydrogens (tertiary/aromatic N) is 3. The molecular weight excluding hydrogens is 414 g/mol. The highest BCUT2D eigenvalue weighted by Crippen LogP contribution is 2.33. The molecule has 1 aliphatic heterocycles. The molecule has 1 saturated carbocycles. The number of methoxy groups -OCH3 is 1. The van der Waals surface area contributed by atoms with Gasteiger partial charge in [0.15, 0.2) is 11.5 Å². The SMILES string of the molecule is COc1cc(CN2CCC(c3nc(C)ccc3C(=O)N(C)C3CCCCC3)CC2)ccc1O. The number of likely N-dealkylation sites (tertiary alicyclic amines) is 1. The molecule has 1 amide bonds. The number of benzene rings is 1. The van der Waals surface area contributed by atoms with Crippen molar-refractivity contribution in [2.75, 3.05) is 27.2 Å². The molecule has 4 rings (SSSR count). The van der Waals surface area contributed by atoms with Crippen LogP contribution in [0.5, 0.6) is 11.5 Å². The number of hydrogen-bond acceptors (Lipinski definition) is 5. The molecule has 0 unspecified atom stereocenters. The van der Waals surface area contributed by atoms with Crippen molar-refractivity contribution < 1.29 is 14.6 Å². The van der Waals surface area contributed by atoms with Crippen LogP contribution in [0.15, 0.2) is 30.3 Å². The fourth-order valence-corrected chi connectivity index (χ4v) is 5.34. The highest BCUT2D eigenvalue weighted by molar-refractivity contribution is 5.95. The Balaban J connectivity index is 1.43. The van der Waals surface area contributed by atoms with Crippen LogP contribution >= 0.6 is 0 Å². The second-order valence-corrected chi connectivity index (χ2v) is 9.65. The highest BCUT2D eigenvalue weighted by Gasteiger charge is 2.29. The molecule has 6 nitrogen and oxygen atoms in total. The zero-order valence-electron chi connectivity index (χ0n) is 20.2. The Labute approximate surface area is 197 Å². The number of phenols is 1. The predicted octanol–water partition coefficient (Wildman–Crippen LogP) is 4.89. The summed E-state index contributed by atoms with van der Waals surface area (Å²) in [6, 6.07) is 9.86. The van der Waals surface area contributed by atoms with Crippen LogP contribution in [0.3, 0.4) is 0 Å². The summed E-state index contributed by atoms with van der Waals surface area (Å²) >= 11 is 0. The van der Waals surface area contributed by atoms with Gasteiger partial charge in [-0.3, -0.25) is 14.7 Å². The van der Waals surface area contributed by atoms with Crippen molar-refractivity contribution in [2.45, 2.75) is 70.4 Å². The van der Waals surface area contributed by atoms with Crippen LogP contribution in [0.4, 0.5) is 0 Å². The van der Waals surface area contributed by atoms with Gasteiger partial charge in [0, 0.05) is 31.2 Å². The minimum atomic E-state index is 0.128. The Bertz CT molecular complexity index is 963. The van der Waals surface area contributed by atoms with E-state index in [4.69, 9.17) is 9.72 Å². The number of phenolic OH excluding ortho intramolecular Hbond substituents is 1. The van der Waals surface area contributed by atoms with E-state index in [0.29, 0.717) is 17.7 Å². The van der Waals surface area contributed by atoms with E-state index in [9.17, 15) is 9.90 Å². The maximum absolute atomic E-state index is 13.5. The van der Waals surface area contributed by atoms with Gasteiger partial charge >= 0.3 is 0 Å². The minimum absolute atomic E-state index is 0.128. The molecule has 6 heteroatoms. The second-order valence-electron chi connectivity index (χ2n) is 9.65. The molecule has 33 heavy (non-hydrogen) atoms. The van der Waals surface area contributed by atoms with Crippen molar-refractivity contribution in [3.8, 4) is 11.5 Å². The monoisotopic (exact) mass is 451 g/mol. The molecule has 2 fully saturated rings. The van der Waals surface area contributed by atoms with Gasteiger partial charge in [0.2, 0.25) is 0 Å². The van der Waals surface area contributed by atoms with Crippen molar-refractivity contribution in [1.29, 1.82) is 0 Å². The lowest BCUT2D eigenvalue weighted by molar-refractivity contribution is 0.0693. The van der Waals surface area contributed by atoms with Gasteiger partial charge in [0.05, 0.1) is 18.4 Å². The summed E-state index contributed by atoms with van der Waals surface area (Å²) in [6.07, 6.45) is 7.90. The molecule has 2 aliphatic rings. The first-order chi connectivity index (χ1) is 16.0. The quantitative estimate of drug-likeness (QED) is 0.677. The number of carbonyl (C=O) groups is 1. The van der Waals surface area contributed by atoms with Gasteiger partial charge in [0.1, 0.15) is 0 Å². The van der Waals surface area contributed by atoms with Gasteiger partial charge in [-0.1, -0.05) is 25.3 Å². The highest BCUT2D eigenvalue weighted by atomic mass is 16.5. The van der Waals surface area contributed by atoms with Crippen LogP contribution in [0.1, 0.15) is 78.2 Å². The molecule has 1 saturated heterocycles. The Morgan fingerprint density at radius 3 is 2.55 bits per heavy atom. The van der Waals surface area contributed by atoms with Crippen LogP contribution in [0.25, 0.3) is 0 Å². The number of hydrogen-bond donors (Lipinski definition) is 1. The van der Waals surface area contributed by atoms with Crippen LogP contribution in [-0.2, 0) is 6.54 Å². The van der Waals surface area contributed by atoms with E-state index < -0.39 is 0 Å². The van der Waals surface area contributed by atoms with Gasteiger partial charge in [-0.15, -0.1) is 0 Å². The molecule has 1 aromatic carbocycles. The zero-order chi connectivity index (χ0) is 23.4. The fraction of sp³-hybridized carbons (Fsp3) is 0.556. The van der Waals surface area contributed by atoms with E-state index in [1.54, 1.807) is 13.2 Å². The zero-order valence-corrected chi connectivity index (χ0v) is 20.2. The summed E-state index contributed by atoms with van der Waals surface area (Å²) in [5.41, 5.74) is 3.87. The van der Waals surface area contributed by atoms with E-state index >= 15 is 0 Å². The second kappa shape index (κ2) is 10.6. The number of aryl methyl sites for hydroxylation is 1. The van der Waals surface area contributed by atoms with E-state index in [2.05, 4.69) is 4.90 Å². The lowest BCUT2D eigenvalue weighted by atomic mass is 9.89. The first-order valence-electron chi connectivity index (χ1n) is 12.3. The maximum Gasteiger partial charge on any atom is 0.255 e. The van der Waals surface area contributed by atoms with E-state index in [1.807, 2.05) is 43.1 Å². The van der Waals surface area contributed by atoms with E-state index in [-0.39, 0.29) is 11.7 Å². The third-order valence-corrected chi connectivity index (χ3v) is 7.36. The molecule has 1 aromatic heterocycles. The third-order valence-electron chi connectivity index (χ3n) is 7.36. The summed E-state index contributed by atoms with van der Waals surface area (Å²) in [5, 5.41) is 9.84. The normalized spacial score (nSPS) is 18.3. The van der Waals surface area contributed by atoms with E-state index in [1.165, 1.54) is 19.3 Å². The summed E-state index contributed by atoms with van der Waals surface area (Å²) in [7, 11) is 3.54. The van der Waals surface area contributed by atoms with Crippen molar-refractivity contribution in [3.63, 3.8) is 0 Å². The summed E-state index contributed by atoms with van der Waals surface area (Å²) in [5.74, 6) is 1.11. The number of amides is 1. The number of piperidine rings is 1. The van der Waals surface area contributed by atoms with Crippen molar-refractivity contribution in [3.05, 3.63) is 52.8 Å². The van der Waals surface area contributed by atoms with Gasteiger partial charge in [-0.25, -0.2) is 0 Å². The Morgan fingerprint density at radius 2 is 1.85 bits per heavy atom. The summed E-state index contributed by atoms with van der Waals surface area (Å²) in [6.45, 7) is 4.74. The number of aromatic nitrogens is 1. The van der Waals surface area contributed by atoms with Crippen molar-refractivity contribution in [1.82, 2.24) is 14.8 Å². The minimum Gasteiger partial charge on any atom is -0.504 e. The predicted molar refractivity (Wildman–Crippen MR) is 130 cm³/mol. The molecule has 0 atom stereocenters. The lowest BCUT2D eigenvalue weighted by Gasteiger charge is -2.34. The topological polar surface area (TPSA) is 65.9 Å². The number of carbonyl (C=O) groups excluding carboxylic acids is 1. The average molecular weight is 452 g/mol. The lowest BCUT2D eigenvalue weighted by Crippen LogP contribution is -2.39. The van der Waals surface area contributed by atoms with Crippen LogP contribution < -0.4 is 4.74 Å². The molecule has 2 aromatic rings. The molecule has 0 spiro atoms. The summed E-state index contributed by atoms with van der Waals surface area (Å²) < 4.78 is 5.25. The van der Waals surface area contributed by atoms with Crippen LogP contribution in [0, 0.1) is 6.92 Å². The Kier molecular flexibility index (Phi) is 7.53. The number of ether oxygens (including phenoxy) is 1. The van der Waals surface area contributed by atoms with Gasteiger partial charge in [-0.2, -0.15) is 0 Å². The fourth-order valence-electron chi connectivity index (χ4n) is 5.34. The Hall–Kier alpha value is -2.60. The largest absolute Gasteiger partial charge is 0.504 e. The van der Waals surface area contributed by atoms with Gasteiger partial charge in [-0.05, 0) is 75.5 Å². The van der Waals surface area contributed by atoms with Crippen LogP contribution in [0.2, 0.25) is 0 Å². The van der Waals surface area contributed by atoms with Crippen LogP contribution in [-0.4, -0.2) is 59.1 Å². The smallest absolute Gasteiger partial charge is 0.255 e. The third kappa shape index (κ3) is 5.49. The standard InChI is InChI=1S/C27H37N3O3/c1-19-9-11-23(27(32)29(2)22-7-5-4-6-8-22)26(28-19)21-13-15-30(16-14-21)18-20-10-12-24(31)25(17-20)33-3/h9-12,17,21-22,31H,4-8,13-16,18H2,1-3H3. The van der Waals surface area contributed by atoms with Gasteiger partial charge in [0.25, 0.3) is 5.91 Å². The number of rotatable bonds is 6. The molecule has 1 N–H and O–H groups in total. The maximum atomic E-state index is 13.5. The first kappa shape index (κ1) is 23.6. The molecule has 0 radical (unpaired) electrons. The van der Waals surface area contributed by atoms with Gasteiger partial charge < -0.3 is 14.7 Å². The Morgan fingerprint density at radius 1 is 1.12 bits per heavy atom. The number of aromatic hydroxyl groups is 1. The van der Waals surface area contributed by atoms with E-state index in [0.717, 1.165) is 67.8 Å². The molecule has 2 heterocycles. The average Bonchev–Trinajstić information content (AvgIpc) is 2.85. The van der Waals surface area contributed by atoms with Crippen molar-refractivity contribution >= 4 is 5.91 Å². The first-order valence-corrected chi connectivity index (χ1v) is 12.3. The molecule has 178 valence electrons. The summed E-state index contributed by atoms with van der Waals surface area (Å²) in [4.78, 5) is 22.7. The van der Waals surface area contributed by atoms with Crippen molar-refractivity contribution in [2.24, 2.45) is 0 Å². The number of pyridine rings is 1.